The monoisotopic (exact) mass is 269 g/mol. The van der Waals surface area contributed by atoms with Gasteiger partial charge in [0.05, 0.1) is 0 Å². The van der Waals surface area contributed by atoms with Gasteiger partial charge in [0, 0.05) is 18.2 Å². The number of rotatable bonds is 7. The van der Waals surface area contributed by atoms with E-state index in [4.69, 9.17) is 4.74 Å². The first-order valence-electron chi connectivity index (χ1n) is 7.24. The van der Waals surface area contributed by atoms with Gasteiger partial charge in [-0.05, 0) is 30.2 Å². The van der Waals surface area contributed by atoms with E-state index < -0.39 is 0 Å². The molecule has 2 aromatic carbocycles. The molecule has 1 atom stereocenters. The second-order valence-electron chi connectivity index (χ2n) is 5.05. The quantitative estimate of drug-likeness (QED) is 0.757. The Bertz CT molecular complexity index is 577. The zero-order valence-corrected chi connectivity index (χ0v) is 12.4. The molecule has 0 aliphatic heterocycles. The minimum Gasteiger partial charge on any atom is -0.489 e. The van der Waals surface area contributed by atoms with Gasteiger partial charge in [-0.3, -0.25) is 0 Å². The minimum atomic E-state index is 0.501. The van der Waals surface area contributed by atoms with E-state index in [1.165, 1.54) is 16.3 Å². The summed E-state index contributed by atoms with van der Waals surface area (Å²) >= 11 is 0. The van der Waals surface area contributed by atoms with Gasteiger partial charge >= 0.3 is 0 Å². The average molecular weight is 269 g/mol. The van der Waals surface area contributed by atoms with Gasteiger partial charge in [-0.2, -0.15) is 0 Å². The first-order chi connectivity index (χ1) is 9.76. The van der Waals surface area contributed by atoms with Crippen molar-refractivity contribution in [2.75, 3.05) is 6.61 Å². The fourth-order valence-corrected chi connectivity index (χ4v) is 2.20. The second-order valence-corrected chi connectivity index (χ2v) is 5.05. The molecule has 0 bridgehead atoms. The van der Waals surface area contributed by atoms with Crippen LogP contribution in [0.4, 0.5) is 0 Å². The summed E-state index contributed by atoms with van der Waals surface area (Å²) in [5.41, 5.74) is 1.23. The van der Waals surface area contributed by atoms with E-state index in [1.807, 2.05) is 0 Å². The molecule has 2 heteroatoms. The number of ether oxygens (including phenoxy) is 1. The summed E-state index contributed by atoms with van der Waals surface area (Å²) in [4.78, 5) is 0. The standard InChI is InChI=1S/C18H23NO/c1-4-12-20-18-11-10-15-8-6-7-9-16(15)17(18)13-19-14(3)5-2/h4,6-11,14,19H,1,5,12-13H2,2-3H3. The van der Waals surface area contributed by atoms with Crippen molar-refractivity contribution >= 4 is 10.8 Å². The van der Waals surface area contributed by atoms with E-state index in [2.05, 4.69) is 62.1 Å². The summed E-state index contributed by atoms with van der Waals surface area (Å²) in [6.45, 7) is 9.47. The van der Waals surface area contributed by atoms with Crippen molar-refractivity contribution in [1.29, 1.82) is 0 Å². The van der Waals surface area contributed by atoms with E-state index in [1.54, 1.807) is 6.08 Å². The Kier molecular flexibility index (Phi) is 5.19. The van der Waals surface area contributed by atoms with Gasteiger partial charge in [0.1, 0.15) is 12.4 Å². The van der Waals surface area contributed by atoms with Gasteiger partial charge in [-0.25, -0.2) is 0 Å². The van der Waals surface area contributed by atoms with Gasteiger partial charge in [0.25, 0.3) is 0 Å². The molecule has 0 aliphatic carbocycles. The lowest BCUT2D eigenvalue weighted by atomic mass is 10.0. The first-order valence-corrected chi connectivity index (χ1v) is 7.24. The highest BCUT2D eigenvalue weighted by Gasteiger charge is 2.09. The number of hydrogen-bond donors (Lipinski definition) is 1. The third-order valence-electron chi connectivity index (χ3n) is 3.59. The van der Waals surface area contributed by atoms with E-state index in [-0.39, 0.29) is 0 Å². The number of benzene rings is 2. The van der Waals surface area contributed by atoms with Crippen molar-refractivity contribution in [3.8, 4) is 5.75 Å². The predicted octanol–water partition coefficient (Wildman–Crippen LogP) is 4.29. The van der Waals surface area contributed by atoms with E-state index in [0.717, 1.165) is 18.7 Å². The van der Waals surface area contributed by atoms with Crippen molar-refractivity contribution in [3.63, 3.8) is 0 Å². The summed E-state index contributed by atoms with van der Waals surface area (Å²) in [5.74, 6) is 0.944. The van der Waals surface area contributed by atoms with Gasteiger partial charge in [-0.1, -0.05) is 49.9 Å². The summed E-state index contributed by atoms with van der Waals surface area (Å²) in [6, 6.07) is 13.1. The van der Waals surface area contributed by atoms with Crippen molar-refractivity contribution in [2.45, 2.75) is 32.9 Å². The molecule has 0 amide bonds. The molecule has 2 rings (SSSR count). The Morgan fingerprint density at radius 3 is 2.80 bits per heavy atom. The lowest BCUT2D eigenvalue weighted by molar-refractivity contribution is 0.357. The zero-order valence-electron chi connectivity index (χ0n) is 12.4. The Morgan fingerprint density at radius 2 is 2.05 bits per heavy atom. The van der Waals surface area contributed by atoms with E-state index in [0.29, 0.717) is 12.6 Å². The molecule has 2 nitrogen and oxygen atoms in total. The molecule has 0 heterocycles. The maximum atomic E-state index is 5.80. The van der Waals surface area contributed by atoms with Crippen LogP contribution in [0.5, 0.6) is 5.75 Å². The third-order valence-corrected chi connectivity index (χ3v) is 3.59. The normalized spacial score (nSPS) is 12.3. The summed E-state index contributed by atoms with van der Waals surface area (Å²) < 4.78 is 5.80. The Morgan fingerprint density at radius 1 is 1.25 bits per heavy atom. The highest BCUT2D eigenvalue weighted by atomic mass is 16.5. The van der Waals surface area contributed by atoms with Crippen molar-refractivity contribution < 1.29 is 4.74 Å². The van der Waals surface area contributed by atoms with Crippen molar-refractivity contribution in [1.82, 2.24) is 5.32 Å². The molecule has 106 valence electrons. The molecular weight excluding hydrogens is 246 g/mol. The highest BCUT2D eigenvalue weighted by molar-refractivity contribution is 5.87. The van der Waals surface area contributed by atoms with Crippen LogP contribution < -0.4 is 10.1 Å². The number of nitrogens with one attached hydrogen (secondary N) is 1. The average Bonchev–Trinajstić information content (AvgIpc) is 2.50. The van der Waals surface area contributed by atoms with E-state index >= 15 is 0 Å². The number of fused-ring (bicyclic) bond motifs is 1. The molecule has 20 heavy (non-hydrogen) atoms. The molecule has 0 radical (unpaired) electrons. The largest absolute Gasteiger partial charge is 0.489 e. The number of hydrogen-bond acceptors (Lipinski definition) is 2. The molecule has 0 spiro atoms. The Hall–Kier alpha value is -1.80. The van der Waals surface area contributed by atoms with Gasteiger partial charge < -0.3 is 10.1 Å². The fraction of sp³-hybridized carbons (Fsp3) is 0.333. The minimum absolute atomic E-state index is 0.501. The van der Waals surface area contributed by atoms with Crippen LogP contribution in [0.25, 0.3) is 10.8 Å². The molecule has 0 saturated carbocycles. The molecule has 0 fully saturated rings. The molecule has 2 aromatic rings. The fourth-order valence-electron chi connectivity index (χ4n) is 2.20. The van der Waals surface area contributed by atoms with Crippen LogP contribution in [0.2, 0.25) is 0 Å². The van der Waals surface area contributed by atoms with Crippen LogP contribution in [0.1, 0.15) is 25.8 Å². The summed E-state index contributed by atoms with van der Waals surface area (Å²) in [5, 5.41) is 6.06. The van der Waals surface area contributed by atoms with Crippen LogP contribution in [0.3, 0.4) is 0 Å². The van der Waals surface area contributed by atoms with Gasteiger partial charge in [-0.15, -0.1) is 0 Å². The Balaban J connectivity index is 2.36. The highest BCUT2D eigenvalue weighted by Crippen LogP contribution is 2.28. The predicted molar refractivity (Wildman–Crippen MR) is 86.2 cm³/mol. The zero-order chi connectivity index (χ0) is 14.4. The summed E-state index contributed by atoms with van der Waals surface area (Å²) in [6.07, 6.45) is 2.90. The van der Waals surface area contributed by atoms with Gasteiger partial charge in [0.15, 0.2) is 0 Å². The lowest BCUT2D eigenvalue weighted by Gasteiger charge is -2.16. The molecule has 0 saturated heterocycles. The SMILES string of the molecule is C=CCOc1ccc2ccccc2c1CNC(C)CC. The maximum absolute atomic E-state index is 5.80. The second kappa shape index (κ2) is 7.11. The van der Waals surface area contributed by atoms with Crippen LogP contribution in [0.15, 0.2) is 49.1 Å². The van der Waals surface area contributed by atoms with Crippen LogP contribution in [-0.2, 0) is 6.54 Å². The maximum Gasteiger partial charge on any atom is 0.124 e. The van der Waals surface area contributed by atoms with E-state index in [9.17, 15) is 0 Å². The Labute approximate surface area is 121 Å². The van der Waals surface area contributed by atoms with Crippen molar-refractivity contribution in [3.05, 3.63) is 54.6 Å². The third kappa shape index (κ3) is 3.40. The van der Waals surface area contributed by atoms with Crippen molar-refractivity contribution in [2.24, 2.45) is 0 Å². The smallest absolute Gasteiger partial charge is 0.124 e. The topological polar surface area (TPSA) is 21.3 Å². The molecular formula is C18H23NO. The van der Waals surface area contributed by atoms with Gasteiger partial charge in [0.2, 0.25) is 0 Å². The summed E-state index contributed by atoms with van der Waals surface area (Å²) in [7, 11) is 0. The lowest BCUT2D eigenvalue weighted by Crippen LogP contribution is -2.24. The molecule has 0 aromatic heterocycles. The van der Waals surface area contributed by atoms with Crippen LogP contribution in [0, 0.1) is 0 Å². The first kappa shape index (κ1) is 14.6. The molecule has 1 N–H and O–H groups in total. The molecule has 0 aliphatic rings. The molecule has 1 unspecified atom stereocenters. The van der Waals surface area contributed by atoms with Crippen LogP contribution in [-0.4, -0.2) is 12.6 Å². The van der Waals surface area contributed by atoms with Crippen LogP contribution >= 0.6 is 0 Å².